The predicted molar refractivity (Wildman–Crippen MR) is 80.2 cm³/mol. The van der Waals surface area contributed by atoms with Gasteiger partial charge in [0, 0.05) is 22.8 Å². The van der Waals surface area contributed by atoms with Crippen LogP contribution in [-0.2, 0) is 13.0 Å². The lowest BCUT2D eigenvalue weighted by Crippen LogP contribution is -2.23. The van der Waals surface area contributed by atoms with Crippen molar-refractivity contribution in [2.75, 3.05) is 6.54 Å². The second-order valence-corrected chi connectivity index (χ2v) is 5.74. The molecule has 100 valence electrons. The molecule has 4 nitrogen and oxygen atoms in total. The molecule has 1 aromatic carbocycles. The summed E-state index contributed by atoms with van der Waals surface area (Å²) in [7, 11) is 0. The van der Waals surface area contributed by atoms with E-state index in [4.69, 9.17) is 5.73 Å². The van der Waals surface area contributed by atoms with Crippen molar-refractivity contribution in [3.8, 4) is 0 Å². The number of nitrogens with zero attached hydrogens (tertiary/aromatic N) is 1. The van der Waals surface area contributed by atoms with Crippen molar-refractivity contribution in [3.63, 3.8) is 0 Å². The molecule has 0 atom stereocenters. The van der Waals surface area contributed by atoms with Crippen molar-refractivity contribution in [2.45, 2.75) is 13.0 Å². The highest BCUT2D eigenvalue weighted by molar-refractivity contribution is 9.10. The topological polar surface area (TPSA) is 68.0 Å². The van der Waals surface area contributed by atoms with Crippen LogP contribution >= 0.6 is 27.3 Å². The number of amides is 1. The van der Waals surface area contributed by atoms with Gasteiger partial charge in [-0.25, -0.2) is 4.98 Å². The molecule has 0 spiro atoms. The molecule has 0 aliphatic heterocycles. The second kappa shape index (κ2) is 6.79. The summed E-state index contributed by atoms with van der Waals surface area (Å²) in [6, 6.07) is 7.79. The van der Waals surface area contributed by atoms with Gasteiger partial charge in [-0.2, -0.15) is 0 Å². The van der Waals surface area contributed by atoms with E-state index in [-0.39, 0.29) is 5.91 Å². The number of benzene rings is 1. The first kappa shape index (κ1) is 14.2. The molecule has 1 heterocycles. The van der Waals surface area contributed by atoms with Crippen molar-refractivity contribution in [2.24, 2.45) is 5.73 Å². The fourth-order valence-electron chi connectivity index (χ4n) is 1.56. The van der Waals surface area contributed by atoms with E-state index in [2.05, 4.69) is 26.2 Å². The molecule has 0 saturated heterocycles. The molecular weight excluding hydrogens is 326 g/mol. The van der Waals surface area contributed by atoms with Gasteiger partial charge in [0.25, 0.3) is 5.91 Å². The van der Waals surface area contributed by atoms with Gasteiger partial charge in [0.2, 0.25) is 0 Å². The van der Waals surface area contributed by atoms with E-state index < -0.39 is 0 Å². The van der Waals surface area contributed by atoms with E-state index in [1.807, 2.05) is 24.3 Å². The minimum Gasteiger partial charge on any atom is -0.347 e. The number of nitrogens with one attached hydrogen (secondary N) is 1. The molecule has 0 bridgehead atoms. The average Bonchev–Trinajstić information content (AvgIpc) is 2.87. The number of halogens is 1. The molecule has 1 amide bonds. The Morgan fingerprint density at radius 1 is 1.42 bits per heavy atom. The highest BCUT2D eigenvalue weighted by atomic mass is 79.9. The van der Waals surface area contributed by atoms with Gasteiger partial charge in [-0.1, -0.05) is 34.1 Å². The van der Waals surface area contributed by atoms with Crippen molar-refractivity contribution in [1.82, 2.24) is 10.3 Å². The Hall–Kier alpha value is -1.24. The molecule has 1 aromatic heterocycles. The zero-order valence-corrected chi connectivity index (χ0v) is 12.6. The lowest BCUT2D eigenvalue weighted by molar-refractivity contribution is 0.0946. The Kier molecular flexibility index (Phi) is 5.07. The van der Waals surface area contributed by atoms with Gasteiger partial charge in [0.15, 0.2) is 0 Å². The highest BCUT2D eigenvalue weighted by Crippen LogP contribution is 2.16. The molecule has 0 aliphatic carbocycles. The van der Waals surface area contributed by atoms with Crippen LogP contribution in [0.2, 0.25) is 0 Å². The summed E-state index contributed by atoms with van der Waals surface area (Å²) < 4.78 is 0.984. The third kappa shape index (κ3) is 3.86. The Labute approximate surface area is 124 Å². The number of aromatic nitrogens is 1. The molecule has 0 unspecified atom stereocenters. The van der Waals surface area contributed by atoms with Crippen LogP contribution in [0.25, 0.3) is 0 Å². The summed E-state index contributed by atoms with van der Waals surface area (Å²) in [4.78, 5) is 16.2. The molecule has 2 aromatic rings. The SMILES string of the molecule is NCCc1nc(C(=O)NCc2ccccc2Br)cs1. The van der Waals surface area contributed by atoms with Crippen LogP contribution in [0.15, 0.2) is 34.1 Å². The van der Waals surface area contributed by atoms with Gasteiger partial charge in [0.05, 0.1) is 5.01 Å². The van der Waals surface area contributed by atoms with Crippen molar-refractivity contribution in [3.05, 3.63) is 50.4 Å². The first-order chi connectivity index (χ1) is 9.20. The second-order valence-electron chi connectivity index (χ2n) is 3.94. The van der Waals surface area contributed by atoms with E-state index in [9.17, 15) is 4.79 Å². The molecule has 6 heteroatoms. The molecule has 2 rings (SSSR count). The molecule has 0 saturated carbocycles. The maximum absolute atomic E-state index is 11.9. The molecular formula is C13H14BrN3OS. The van der Waals surface area contributed by atoms with E-state index in [0.717, 1.165) is 15.0 Å². The fourth-order valence-corrected chi connectivity index (χ4v) is 2.78. The van der Waals surface area contributed by atoms with Crippen LogP contribution < -0.4 is 11.1 Å². The van der Waals surface area contributed by atoms with Gasteiger partial charge in [-0.15, -0.1) is 11.3 Å². The first-order valence-corrected chi connectivity index (χ1v) is 7.54. The smallest absolute Gasteiger partial charge is 0.271 e. The molecule has 19 heavy (non-hydrogen) atoms. The summed E-state index contributed by atoms with van der Waals surface area (Å²) in [5.74, 6) is -0.157. The number of hydrogen-bond donors (Lipinski definition) is 2. The van der Waals surface area contributed by atoms with E-state index in [0.29, 0.717) is 25.2 Å². The lowest BCUT2D eigenvalue weighted by atomic mass is 10.2. The lowest BCUT2D eigenvalue weighted by Gasteiger charge is -2.05. The van der Waals surface area contributed by atoms with Crippen LogP contribution in [0.3, 0.4) is 0 Å². The number of nitrogens with two attached hydrogens (primary N) is 1. The largest absolute Gasteiger partial charge is 0.347 e. The summed E-state index contributed by atoms with van der Waals surface area (Å²) in [6.07, 6.45) is 0.710. The van der Waals surface area contributed by atoms with Gasteiger partial charge in [0.1, 0.15) is 5.69 Å². The Morgan fingerprint density at radius 2 is 2.21 bits per heavy atom. The van der Waals surface area contributed by atoms with E-state index >= 15 is 0 Å². The van der Waals surface area contributed by atoms with Gasteiger partial charge in [-0.05, 0) is 18.2 Å². The minimum absolute atomic E-state index is 0.157. The monoisotopic (exact) mass is 339 g/mol. The number of carbonyl (C=O) groups is 1. The molecule has 0 fully saturated rings. The third-order valence-electron chi connectivity index (χ3n) is 2.54. The van der Waals surface area contributed by atoms with Crippen molar-refractivity contribution < 1.29 is 4.79 Å². The third-order valence-corrected chi connectivity index (χ3v) is 4.22. The summed E-state index contributed by atoms with van der Waals surface area (Å²) in [5, 5.41) is 5.52. The first-order valence-electron chi connectivity index (χ1n) is 5.87. The molecule has 0 radical (unpaired) electrons. The van der Waals surface area contributed by atoms with Gasteiger partial charge >= 0.3 is 0 Å². The normalized spacial score (nSPS) is 10.4. The van der Waals surface area contributed by atoms with Crippen LogP contribution in [0.5, 0.6) is 0 Å². The Morgan fingerprint density at radius 3 is 2.95 bits per heavy atom. The van der Waals surface area contributed by atoms with Crippen LogP contribution in [0, 0.1) is 0 Å². The standard InChI is InChI=1S/C13H14BrN3OS/c14-10-4-2-1-3-9(10)7-16-13(18)11-8-19-12(17-11)5-6-15/h1-4,8H,5-7,15H2,(H,16,18). The van der Waals surface area contributed by atoms with Crippen molar-refractivity contribution >= 4 is 33.2 Å². The maximum atomic E-state index is 11.9. The maximum Gasteiger partial charge on any atom is 0.271 e. The van der Waals surface area contributed by atoms with Crippen LogP contribution in [-0.4, -0.2) is 17.4 Å². The predicted octanol–water partition coefficient (Wildman–Crippen LogP) is 2.34. The quantitative estimate of drug-likeness (QED) is 0.878. The number of carbonyl (C=O) groups excluding carboxylic acids is 1. The molecule has 3 N–H and O–H groups in total. The van der Waals surface area contributed by atoms with Crippen LogP contribution in [0.4, 0.5) is 0 Å². The summed E-state index contributed by atoms with van der Waals surface area (Å²) >= 11 is 4.91. The van der Waals surface area contributed by atoms with Crippen LogP contribution in [0.1, 0.15) is 21.1 Å². The fraction of sp³-hybridized carbons (Fsp3) is 0.231. The number of thiazole rings is 1. The Balaban J connectivity index is 1.95. The zero-order valence-electron chi connectivity index (χ0n) is 10.2. The van der Waals surface area contributed by atoms with Gasteiger partial charge < -0.3 is 11.1 Å². The van der Waals surface area contributed by atoms with E-state index in [1.54, 1.807) is 5.38 Å². The average molecular weight is 340 g/mol. The molecule has 0 aliphatic rings. The van der Waals surface area contributed by atoms with Gasteiger partial charge in [-0.3, -0.25) is 4.79 Å². The Bertz CT molecular complexity index is 571. The number of rotatable bonds is 5. The highest BCUT2D eigenvalue weighted by Gasteiger charge is 2.10. The van der Waals surface area contributed by atoms with E-state index in [1.165, 1.54) is 11.3 Å². The minimum atomic E-state index is -0.157. The van der Waals surface area contributed by atoms with Crippen molar-refractivity contribution in [1.29, 1.82) is 0 Å². The summed E-state index contributed by atoms with van der Waals surface area (Å²) in [5.41, 5.74) is 6.95. The zero-order chi connectivity index (χ0) is 13.7. The summed E-state index contributed by atoms with van der Waals surface area (Å²) in [6.45, 7) is 1.02. The number of hydrogen-bond acceptors (Lipinski definition) is 4.